The first-order chi connectivity index (χ1) is 11.1. The molecule has 1 amide bonds. The molecule has 3 rings (SSSR count). The molecule has 0 radical (unpaired) electrons. The molecule has 1 aromatic heterocycles. The summed E-state index contributed by atoms with van der Waals surface area (Å²) in [6.45, 7) is 6.49. The Bertz CT molecular complexity index is 518. The van der Waals surface area contributed by atoms with E-state index < -0.39 is 0 Å². The molecule has 0 N–H and O–H groups in total. The highest BCUT2D eigenvalue weighted by Gasteiger charge is 2.25. The van der Waals surface area contributed by atoms with Gasteiger partial charge in [0, 0.05) is 50.3 Å². The van der Waals surface area contributed by atoms with Crippen molar-refractivity contribution in [3.05, 3.63) is 11.1 Å². The largest absolute Gasteiger partial charge is 0.346 e. The molecule has 2 heterocycles. The van der Waals surface area contributed by atoms with E-state index in [9.17, 15) is 4.79 Å². The molecule has 0 bridgehead atoms. The van der Waals surface area contributed by atoms with Crippen LogP contribution in [0, 0.1) is 6.92 Å². The Balaban J connectivity index is 1.45. The molecule has 23 heavy (non-hydrogen) atoms. The van der Waals surface area contributed by atoms with Crippen LogP contribution in [0.15, 0.2) is 6.20 Å². The van der Waals surface area contributed by atoms with Crippen LogP contribution in [-0.4, -0.2) is 66.5 Å². The predicted octanol–water partition coefficient (Wildman–Crippen LogP) is 2.36. The van der Waals surface area contributed by atoms with Crippen LogP contribution >= 0.6 is 11.3 Å². The van der Waals surface area contributed by atoms with Gasteiger partial charge in [0.15, 0.2) is 5.13 Å². The number of likely N-dealkylation sites (N-methyl/N-ethyl adjacent to an activating group) is 1. The van der Waals surface area contributed by atoms with Crippen molar-refractivity contribution in [3.8, 4) is 0 Å². The summed E-state index contributed by atoms with van der Waals surface area (Å²) >= 11 is 1.75. The van der Waals surface area contributed by atoms with Gasteiger partial charge in [0.05, 0.1) is 6.54 Å². The van der Waals surface area contributed by atoms with Crippen LogP contribution < -0.4 is 4.90 Å². The zero-order valence-electron chi connectivity index (χ0n) is 14.3. The van der Waals surface area contributed by atoms with Gasteiger partial charge in [0.25, 0.3) is 0 Å². The summed E-state index contributed by atoms with van der Waals surface area (Å²) in [5, 5.41) is 1.12. The molecule has 2 aliphatic rings. The van der Waals surface area contributed by atoms with E-state index in [-0.39, 0.29) is 5.91 Å². The van der Waals surface area contributed by atoms with Crippen molar-refractivity contribution in [1.82, 2.24) is 14.8 Å². The molecule has 0 atom stereocenters. The summed E-state index contributed by atoms with van der Waals surface area (Å²) in [7, 11) is 1.99. The molecular formula is C17H28N4OS. The maximum atomic E-state index is 12.5. The van der Waals surface area contributed by atoms with Crippen LogP contribution in [0.4, 0.5) is 5.13 Å². The van der Waals surface area contributed by atoms with Gasteiger partial charge in [-0.2, -0.15) is 0 Å². The molecular weight excluding hydrogens is 308 g/mol. The van der Waals surface area contributed by atoms with Crippen molar-refractivity contribution in [2.75, 3.05) is 44.7 Å². The second kappa shape index (κ2) is 7.62. The van der Waals surface area contributed by atoms with Gasteiger partial charge in [-0.3, -0.25) is 9.69 Å². The number of hydrogen-bond donors (Lipinski definition) is 0. The summed E-state index contributed by atoms with van der Waals surface area (Å²) in [5.41, 5.74) is 0. The Morgan fingerprint density at radius 1 is 1.26 bits per heavy atom. The highest BCUT2D eigenvalue weighted by atomic mass is 32.1. The average Bonchev–Trinajstić information content (AvgIpc) is 3.02. The average molecular weight is 337 g/mol. The standard InChI is InChI=1S/C17H28N4OS/c1-14-12-18-17(23-14)21-10-8-20(9-11-21)13-16(22)19(2)15-6-4-3-5-7-15/h12,15H,3-11,13H2,1-2H3. The number of rotatable bonds is 4. The van der Waals surface area contributed by atoms with E-state index >= 15 is 0 Å². The minimum atomic E-state index is 0.287. The number of nitrogens with zero attached hydrogens (tertiary/aromatic N) is 4. The number of thiazole rings is 1. The highest BCUT2D eigenvalue weighted by Crippen LogP contribution is 2.23. The first kappa shape index (κ1) is 16.7. The maximum absolute atomic E-state index is 12.5. The molecule has 1 aliphatic carbocycles. The van der Waals surface area contributed by atoms with Crippen molar-refractivity contribution in [2.24, 2.45) is 0 Å². The van der Waals surface area contributed by atoms with Crippen LogP contribution in [0.1, 0.15) is 37.0 Å². The topological polar surface area (TPSA) is 39.7 Å². The number of aryl methyl sites for hydroxylation is 1. The lowest BCUT2D eigenvalue weighted by Gasteiger charge is -2.36. The predicted molar refractivity (Wildman–Crippen MR) is 95.1 cm³/mol. The van der Waals surface area contributed by atoms with E-state index in [1.807, 2.05) is 18.1 Å². The summed E-state index contributed by atoms with van der Waals surface area (Å²) < 4.78 is 0. The fourth-order valence-electron chi connectivity index (χ4n) is 3.56. The molecule has 6 heteroatoms. The van der Waals surface area contributed by atoms with Gasteiger partial charge in [-0.15, -0.1) is 11.3 Å². The van der Waals surface area contributed by atoms with E-state index in [0.717, 1.165) is 31.3 Å². The van der Waals surface area contributed by atoms with Crippen molar-refractivity contribution in [3.63, 3.8) is 0 Å². The van der Waals surface area contributed by atoms with Crippen LogP contribution in [0.3, 0.4) is 0 Å². The summed E-state index contributed by atoms with van der Waals surface area (Å²) in [6.07, 6.45) is 8.17. The van der Waals surface area contributed by atoms with E-state index in [1.165, 1.54) is 37.0 Å². The quantitative estimate of drug-likeness (QED) is 0.846. The number of anilines is 1. The second-order valence-corrected chi connectivity index (χ2v) is 8.03. The van der Waals surface area contributed by atoms with Gasteiger partial charge in [-0.1, -0.05) is 19.3 Å². The van der Waals surface area contributed by atoms with Crippen molar-refractivity contribution in [1.29, 1.82) is 0 Å². The minimum Gasteiger partial charge on any atom is -0.346 e. The normalized spacial score (nSPS) is 20.7. The molecule has 1 saturated heterocycles. The third-order valence-corrected chi connectivity index (χ3v) is 6.10. The van der Waals surface area contributed by atoms with E-state index in [1.54, 1.807) is 11.3 Å². The fourth-order valence-corrected chi connectivity index (χ4v) is 4.37. The smallest absolute Gasteiger partial charge is 0.236 e. The Morgan fingerprint density at radius 2 is 1.96 bits per heavy atom. The van der Waals surface area contributed by atoms with Gasteiger partial charge in [-0.25, -0.2) is 4.98 Å². The third kappa shape index (κ3) is 4.23. The summed E-state index contributed by atoms with van der Waals surface area (Å²) in [5.74, 6) is 0.287. The molecule has 5 nitrogen and oxygen atoms in total. The number of carbonyl (C=O) groups is 1. The van der Waals surface area contributed by atoms with E-state index in [0.29, 0.717) is 12.6 Å². The lowest BCUT2D eigenvalue weighted by Crippen LogP contribution is -2.51. The molecule has 2 fully saturated rings. The molecule has 0 aromatic carbocycles. The fraction of sp³-hybridized carbons (Fsp3) is 0.765. The van der Waals surface area contributed by atoms with Crippen LogP contribution in [0.5, 0.6) is 0 Å². The van der Waals surface area contributed by atoms with Gasteiger partial charge in [0.1, 0.15) is 0 Å². The lowest BCUT2D eigenvalue weighted by atomic mass is 9.94. The number of carbonyl (C=O) groups excluding carboxylic acids is 1. The number of aromatic nitrogens is 1. The van der Waals surface area contributed by atoms with E-state index in [2.05, 4.69) is 21.7 Å². The summed E-state index contributed by atoms with van der Waals surface area (Å²) in [6, 6.07) is 0.468. The SMILES string of the molecule is Cc1cnc(N2CCN(CC(=O)N(C)C3CCCCC3)CC2)s1. The van der Waals surface area contributed by atoms with Crippen molar-refractivity contribution in [2.45, 2.75) is 45.1 Å². The number of amides is 1. The van der Waals surface area contributed by atoms with Gasteiger partial charge >= 0.3 is 0 Å². The molecule has 1 aromatic rings. The first-order valence-electron chi connectivity index (χ1n) is 8.79. The van der Waals surface area contributed by atoms with Crippen LogP contribution in [0.2, 0.25) is 0 Å². The highest BCUT2D eigenvalue weighted by molar-refractivity contribution is 7.15. The number of piperazine rings is 1. The van der Waals surface area contributed by atoms with Crippen LogP contribution in [-0.2, 0) is 4.79 Å². The molecule has 128 valence electrons. The van der Waals surface area contributed by atoms with Crippen LogP contribution in [0.25, 0.3) is 0 Å². The zero-order chi connectivity index (χ0) is 16.2. The first-order valence-corrected chi connectivity index (χ1v) is 9.60. The third-order valence-electron chi connectivity index (χ3n) is 5.13. The van der Waals surface area contributed by atoms with Gasteiger partial charge in [0.2, 0.25) is 5.91 Å². The van der Waals surface area contributed by atoms with E-state index in [4.69, 9.17) is 0 Å². The Labute approximate surface area is 143 Å². The maximum Gasteiger partial charge on any atom is 0.236 e. The molecule has 1 saturated carbocycles. The summed E-state index contributed by atoms with van der Waals surface area (Å²) in [4.78, 5) is 24.9. The van der Waals surface area contributed by atoms with Gasteiger partial charge < -0.3 is 9.80 Å². The minimum absolute atomic E-state index is 0.287. The van der Waals surface area contributed by atoms with Crippen molar-refractivity contribution < 1.29 is 4.79 Å². The molecule has 1 aliphatic heterocycles. The van der Waals surface area contributed by atoms with Crippen molar-refractivity contribution >= 4 is 22.4 Å². The molecule has 0 unspecified atom stereocenters. The zero-order valence-corrected chi connectivity index (χ0v) is 15.1. The lowest BCUT2D eigenvalue weighted by molar-refractivity contribution is -0.133. The second-order valence-electron chi connectivity index (χ2n) is 6.81. The monoisotopic (exact) mass is 336 g/mol. The number of hydrogen-bond acceptors (Lipinski definition) is 5. The molecule has 0 spiro atoms. The van der Waals surface area contributed by atoms with Gasteiger partial charge in [-0.05, 0) is 19.8 Å². The Morgan fingerprint density at radius 3 is 2.57 bits per heavy atom. The Kier molecular flexibility index (Phi) is 5.54. The Hall–Kier alpha value is -1.14.